The van der Waals surface area contributed by atoms with Crippen LogP contribution in [0.3, 0.4) is 0 Å². The summed E-state index contributed by atoms with van der Waals surface area (Å²) in [5, 5.41) is 0. The SMILES string of the molecule is Cc1ccc(OCCN(C)C(=O)c2ccnc(CN)c2)cc1.Cl. The molecule has 6 heteroatoms. The molecule has 2 rings (SSSR count). The van der Waals surface area contributed by atoms with Crippen LogP contribution in [0.1, 0.15) is 21.6 Å². The van der Waals surface area contributed by atoms with Gasteiger partial charge in [0.15, 0.2) is 0 Å². The van der Waals surface area contributed by atoms with E-state index in [2.05, 4.69) is 4.98 Å². The molecule has 0 atom stereocenters. The van der Waals surface area contributed by atoms with Gasteiger partial charge < -0.3 is 15.4 Å². The number of hydrogen-bond donors (Lipinski definition) is 1. The number of amides is 1. The molecular formula is C17H22ClN3O2. The first-order valence-corrected chi connectivity index (χ1v) is 7.20. The fraction of sp³-hybridized carbons (Fsp3) is 0.294. The summed E-state index contributed by atoms with van der Waals surface area (Å²) in [5.74, 6) is 0.741. The van der Waals surface area contributed by atoms with Gasteiger partial charge in [-0.1, -0.05) is 17.7 Å². The van der Waals surface area contributed by atoms with Crippen LogP contribution < -0.4 is 10.5 Å². The number of likely N-dealkylation sites (N-methyl/N-ethyl adjacent to an activating group) is 1. The predicted octanol–water partition coefficient (Wildman–Crippen LogP) is 2.42. The lowest BCUT2D eigenvalue weighted by molar-refractivity contribution is 0.0773. The Morgan fingerprint density at radius 3 is 2.61 bits per heavy atom. The first-order chi connectivity index (χ1) is 10.6. The fourth-order valence-electron chi connectivity index (χ4n) is 1.98. The molecule has 1 aromatic heterocycles. The van der Waals surface area contributed by atoms with Crippen LogP contribution in [0.2, 0.25) is 0 Å². The van der Waals surface area contributed by atoms with Crippen LogP contribution in [-0.2, 0) is 6.54 Å². The van der Waals surface area contributed by atoms with E-state index >= 15 is 0 Å². The molecule has 0 aliphatic heterocycles. The third kappa shape index (κ3) is 5.54. The lowest BCUT2D eigenvalue weighted by Crippen LogP contribution is -2.31. The molecule has 1 heterocycles. The number of benzene rings is 1. The van der Waals surface area contributed by atoms with E-state index in [9.17, 15) is 4.79 Å². The van der Waals surface area contributed by atoms with Crippen molar-refractivity contribution in [2.75, 3.05) is 20.2 Å². The molecule has 0 saturated heterocycles. The van der Waals surface area contributed by atoms with Gasteiger partial charge in [0.25, 0.3) is 5.91 Å². The normalized spacial score (nSPS) is 9.87. The lowest BCUT2D eigenvalue weighted by atomic mass is 10.2. The fourth-order valence-corrected chi connectivity index (χ4v) is 1.98. The van der Waals surface area contributed by atoms with E-state index in [1.807, 2.05) is 31.2 Å². The monoisotopic (exact) mass is 335 g/mol. The zero-order chi connectivity index (χ0) is 15.9. The quantitative estimate of drug-likeness (QED) is 0.880. The van der Waals surface area contributed by atoms with Crippen molar-refractivity contribution in [3.05, 3.63) is 59.4 Å². The first-order valence-electron chi connectivity index (χ1n) is 7.20. The third-order valence-corrected chi connectivity index (χ3v) is 3.34. The lowest BCUT2D eigenvalue weighted by Gasteiger charge is -2.17. The number of nitrogens with two attached hydrogens (primary N) is 1. The Hall–Kier alpha value is -2.11. The molecule has 2 aromatic rings. The van der Waals surface area contributed by atoms with E-state index < -0.39 is 0 Å². The molecule has 5 nitrogen and oxygen atoms in total. The molecule has 2 N–H and O–H groups in total. The largest absolute Gasteiger partial charge is 0.492 e. The Balaban J connectivity index is 0.00000264. The zero-order valence-corrected chi connectivity index (χ0v) is 14.2. The van der Waals surface area contributed by atoms with Gasteiger partial charge in [-0.3, -0.25) is 9.78 Å². The van der Waals surface area contributed by atoms with Crippen LogP contribution in [0.4, 0.5) is 0 Å². The summed E-state index contributed by atoms with van der Waals surface area (Å²) >= 11 is 0. The van der Waals surface area contributed by atoms with Gasteiger partial charge in [0.1, 0.15) is 12.4 Å². The summed E-state index contributed by atoms with van der Waals surface area (Å²) in [5.41, 5.74) is 8.03. The van der Waals surface area contributed by atoms with Crippen molar-refractivity contribution < 1.29 is 9.53 Å². The summed E-state index contributed by atoms with van der Waals surface area (Å²) in [6.07, 6.45) is 1.60. The minimum absolute atomic E-state index is 0. The van der Waals surface area contributed by atoms with Gasteiger partial charge in [0.2, 0.25) is 0 Å². The average Bonchev–Trinajstić information content (AvgIpc) is 2.56. The molecule has 0 aliphatic rings. The maximum Gasteiger partial charge on any atom is 0.253 e. The van der Waals surface area contributed by atoms with Crippen LogP contribution >= 0.6 is 12.4 Å². The highest BCUT2D eigenvalue weighted by Crippen LogP contribution is 2.11. The van der Waals surface area contributed by atoms with E-state index in [4.69, 9.17) is 10.5 Å². The number of carbonyl (C=O) groups is 1. The van der Waals surface area contributed by atoms with Gasteiger partial charge >= 0.3 is 0 Å². The van der Waals surface area contributed by atoms with Crippen molar-refractivity contribution in [1.82, 2.24) is 9.88 Å². The number of rotatable bonds is 6. The molecular weight excluding hydrogens is 314 g/mol. The maximum absolute atomic E-state index is 12.3. The number of aryl methyl sites for hydroxylation is 1. The van der Waals surface area contributed by atoms with E-state index in [1.54, 1.807) is 30.3 Å². The number of halogens is 1. The molecule has 1 amide bonds. The topological polar surface area (TPSA) is 68.5 Å². The molecule has 0 bridgehead atoms. The van der Waals surface area contributed by atoms with Gasteiger partial charge in [0.05, 0.1) is 12.2 Å². The van der Waals surface area contributed by atoms with Gasteiger partial charge in [0, 0.05) is 25.4 Å². The molecule has 0 fully saturated rings. The predicted molar refractivity (Wildman–Crippen MR) is 93.0 cm³/mol. The second-order valence-corrected chi connectivity index (χ2v) is 5.13. The van der Waals surface area contributed by atoms with E-state index in [0.717, 1.165) is 5.75 Å². The van der Waals surface area contributed by atoms with E-state index in [-0.39, 0.29) is 18.3 Å². The van der Waals surface area contributed by atoms with E-state index in [0.29, 0.717) is 31.0 Å². The highest BCUT2D eigenvalue weighted by atomic mass is 35.5. The minimum Gasteiger partial charge on any atom is -0.492 e. The summed E-state index contributed by atoms with van der Waals surface area (Å²) in [6.45, 7) is 3.30. The van der Waals surface area contributed by atoms with Crippen molar-refractivity contribution in [3.8, 4) is 5.75 Å². The summed E-state index contributed by atoms with van der Waals surface area (Å²) < 4.78 is 5.64. The summed E-state index contributed by atoms with van der Waals surface area (Å²) in [7, 11) is 1.75. The highest BCUT2D eigenvalue weighted by Gasteiger charge is 2.12. The van der Waals surface area contributed by atoms with E-state index in [1.165, 1.54) is 5.56 Å². The number of hydrogen-bond acceptors (Lipinski definition) is 4. The second-order valence-electron chi connectivity index (χ2n) is 5.13. The maximum atomic E-state index is 12.3. The highest BCUT2D eigenvalue weighted by molar-refractivity contribution is 5.94. The van der Waals surface area contributed by atoms with Crippen molar-refractivity contribution >= 4 is 18.3 Å². The van der Waals surface area contributed by atoms with Gasteiger partial charge in [-0.25, -0.2) is 0 Å². The number of pyridine rings is 1. The molecule has 0 unspecified atom stereocenters. The second kappa shape index (κ2) is 9.12. The van der Waals surface area contributed by atoms with Crippen LogP contribution in [-0.4, -0.2) is 36.0 Å². The standard InChI is InChI=1S/C17H21N3O2.ClH/c1-13-3-5-16(6-4-13)22-10-9-20(2)17(21)14-7-8-19-15(11-14)12-18;/h3-8,11H,9-10,12,18H2,1-2H3;1H. The number of carbonyl (C=O) groups excluding carboxylic acids is 1. The molecule has 1 aromatic carbocycles. The van der Waals surface area contributed by atoms with Crippen molar-refractivity contribution in [2.24, 2.45) is 5.73 Å². The third-order valence-electron chi connectivity index (χ3n) is 3.34. The van der Waals surface area contributed by atoms with Gasteiger partial charge in [-0.15, -0.1) is 12.4 Å². The molecule has 124 valence electrons. The summed E-state index contributed by atoms with van der Waals surface area (Å²) in [6, 6.07) is 11.3. The van der Waals surface area contributed by atoms with Crippen molar-refractivity contribution in [3.63, 3.8) is 0 Å². The van der Waals surface area contributed by atoms with Crippen LogP contribution in [0.15, 0.2) is 42.6 Å². The van der Waals surface area contributed by atoms with Crippen LogP contribution in [0.25, 0.3) is 0 Å². The number of nitrogens with zero attached hydrogens (tertiary/aromatic N) is 2. The molecule has 23 heavy (non-hydrogen) atoms. The van der Waals surface area contributed by atoms with Gasteiger partial charge in [-0.2, -0.15) is 0 Å². The minimum atomic E-state index is -0.0652. The Morgan fingerprint density at radius 2 is 1.96 bits per heavy atom. The average molecular weight is 336 g/mol. The van der Waals surface area contributed by atoms with Crippen molar-refractivity contribution in [2.45, 2.75) is 13.5 Å². The number of ether oxygens (including phenoxy) is 1. The molecule has 0 spiro atoms. The van der Waals surface area contributed by atoms with Gasteiger partial charge in [-0.05, 0) is 31.2 Å². The Labute approximate surface area is 142 Å². The number of aromatic nitrogens is 1. The molecule has 0 radical (unpaired) electrons. The molecule has 0 aliphatic carbocycles. The Bertz CT molecular complexity index is 632. The van der Waals surface area contributed by atoms with Crippen LogP contribution in [0.5, 0.6) is 5.75 Å². The Morgan fingerprint density at radius 1 is 1.26 bits per heavy atom. The zero-order valence-electron chi connectivity index (χ0n) is 13.4. The Kier molecular flexibility index (Phi) is 7.51. The van der Waals surface area contributed by atoms with Crippen LogP contribution in [0, 0.1) is 6.92 Å². The van der Waals surface area contributed by atoms with Crippen molar-refractivity contribution in [1.29, 1.82) is 0 Å². The summed E-state index contributed by atoms with van der Waals surface area (Å²) in [4.78, 5) is 18.0. The smallest absolute Gasteiger partial charge is 0.253 e. The first kappa shape index (κ1) is 18.9. The molecule has 0 saturated carbocycles.